The van der Waals surface area contributed by atoms with Crippen LogP contribution in [0.25, 0.3) is 0 Å². The van der Waals surface area contributed by atoms with Gasteiger partial charge in [-0.3, -0.25) is 4.72 Å². The van der Waals surface area contributed by atoms with Crippen LogP contribution in [0.2, 0.25) is 0 Å². The van der Waals surface area contributed by atoms with Crippen LogP contribution in [0.4, 0.5) is 5.69 Å². The van der Waals surface area contributed by atoms with Crippen molar-refractivity contribution in [1.29, 1.82) is 0 Å². The van der Waals surface area contributed by atoms with Gasteiger partial charge in [-0.2, -0.15) is 0 Å². The van der Waals surface area contributed by atoms with E-state index in [4.69, 9.17) is 0 Å². The minimum absolute atomic E-state index is 0.107. The van der Waals surface area contributed by atoms with Crippen LogP contribution < -0.4 is 9.44 Å². The maximum Gasteiger partial charge on any atom is 0.261 e. The van der Waals surface area contributed by atoms with E-state index in [2.05, 4.69) is 16.4 Å². The molecule has 0 saturated carbocycles. The van der Waals surface area contributed by atoms with Gasteiger partial charge in [-0.1, -0.05) is 44.4 Å². The number of sulfonamides is 2. The fraction of sp³-hybridized carbons (Fsp3) is 0.333. The van der Waals surface area contributed by atoms with Gasteiger partial charge >= 0.3 is 0 Å². The molecule has 0 bridgehead atoms. The normalized spacial score (nSPS) is 12.0. The van der Waals surface area contributed by atoms with E-state index >= 15 is 0 Å². The van der Waals surface area contributed by atoms with E-state index < -0.39 is 20.0 Å². The maximum atomic E-state index is 12.3. The lowest BCUT2D eigenvalue weighted by Crippen LogP contribution is -2.24. The summed E-state index contributed by atoms with van der Waals surface area (Å²) in [5.41, 5.74) is 0.302. The Labute approximate surface area is 155 Å². The second kappa shape index (κ2) is 9.16. The highest BCUT2D eigenvalue weighted by molar-refractivity contribution is 7.92. The Balaban J connectivity index is 2.01. The van der Waals surface area contributed by atoms with Crippen molar-refractivity contribution in [2.75, 3.05) is 11.3 Å². The minimum atomic E-state index is -3.70. The Morgan fingerprint density at radius 1 is 0.731 bits per heavy atom. The average Bonchev–Trinajstić information content (AvgIpc) is 2.62. The molecule has 0 fully saturated rings. The molecule has 0 aliphatic rings. The second-order valence-electron chi connectivity index (χ2n) is 5.90. The summed E-state index contributed by atoms with van der Waals surface area (Å²) in [6.07, 6.45) is 3.95. The predicted octanol–water partition coefficient (Wildman–Crippen LogP) is 3.35. The van der Waals surface area contributed by atoms with Crippen LogP contribution >= 0.6 is 0 Å². The summed E-state index contributed by atoms with van der Waals surface area (Å²) < 4.78 is 54.0. The third kappa shape index (κ3) is 5.82. The quantitative estimate of drug-likeness (QED) is 0.603. The zero-order valence-corrected chi connectivity index (χ0v) is 16.3. The van der Waals surface area contributed by atoms with Gasteiger partial charge in [-0.15, -0.1) is 0 Å². The molecule has 2 N–H and O–H groups in total. The van der Waals surface area contributed by atoms with Crippen LogP contribution in [0, 0.1) is 0 Å². The molecule has 142 valence electrons. The van der Waals surface area contributed by atoms with Crippen LogP contribution in [0.5, 0.6) is 0 Å². The lowest BCUT2D eigenvalue weighted by molar-refractivity contribution is 0.573. The molecule has 0 aliphatic heterocycles. The highest BCUT2D eigenvalue weighted by Gasteiger charge is 2.16. The van der Waals surface area contributed by atoms with Crippen molar-refractivity contribution >= 4 is 25.7 Å². The van der Waals surface area contributed by atoms with Gasteiger partial charge in [0.1, 0.15) is 0 Å². The van der Waals surface area contributed by atoms with E-state index in [0.717, 1.165) is 25.7 Å². The molecule has 2 rings (SSSR count). The Morgan fingerprint density at radius 3 is 1.96 bits per heavy atom. The summed E-state index contributed by atoms with van der Waals surface area (Å²) in [7, 11) is -7.29. The average molecular weight is 397 g/mol. The Morgan fingerprint density at radius 2 is 1.35 bits per heavy atom. The van der Waals surface area contributed by atoms with E-state index in [9.17, 15) is 16.8 Å². The molecule has 0 aliphatic carbocycles. The standard InChI is InChI=1S/C18H24N2O4S2/c1-2-3-4-8-15-19-25(21,22)18-13-11-16(12-14-18)20-26(23,24)17-9-6-5-7-10-17/h5-7,9-14,19-20H,2-4,8,15H2,1H3. The van der Waals surface area contributed by atoms with Gasteiger partial charge in [-0.25, -0.2) is 21.6 Å². The number of hydrogen-bond acceptors (Lipinski definition) is 4. The number of unbranched alkanes of at least 4 members (excludes halogenated alkanes) is 3. The maximum absolute atomic E-state index is 12.3. The van der Waals surface area contributed by atoms with Crippen molar-refractivity contribution in [3.05, 3.63) is 54.6 Å². The van der Waals surface area contributed by atoms with Gasteiger partial charge in [0, 0.05) is 12.2 Å². The second-order valence-corrected chi connectivity index (χ2v) is 9.35. The zero-order chi connectivity index (χ0) is 19.0. The molecular formula is C18H24N2O4S2. The molecule has 2 aromatic rings. The summed E-state index contributed by atoms with van der Waals surface area (Å²) in [5.74, 6) is 0. The largest absolute Gasteiger partial charge is 0.280 e. The van der Waals surface area contributed by atoms with Crippen molar-refractivity contribution in [3.63, 3.8) is 0 Å². The van der Waals surface area contributed by atoms with Crippen molar-refractivity contribution in [2.45, 2.75) is 42.4 Å². The molecule has 0 spiro atoms. The highest BCUT2D eigenvalue weighted by Crippen LogP contribution is 2.18. The number of benzene rings is 2. The zero-order valence-electron chi connectivity index (χ0n) is 14.7. The van der Waals surface area contributed by atoms with Crippen LogP contribution in [0.1, 0.15) is 32.6 Å². The summed E-state index contributed by atoms with van der Waals surface area (Å²) in [6, 6.07) is 13.6. The molecule has 0 atom stereocenters. The Bertz CT molecular complexity index is 894. The van der Waals surface area contributed by atoms with Crippen molar-refractivity contribution in [2.24, 2.45) is 0 Å². The van der Waals surface area contributed by atoms with Crippen LogP contribution in [-0.4, -0.2) is 23.4 Å². The first kappa shape index (κ1) is 20.4. The Hall–Kier alpha value is -1.90. The van der Waals surface area contributed by atoms with Crippen molar-refractivity contribution < 1.29 is 16.8 Å². The lowest BCUT2D eigenvalue weighted by atomic mass is 10.2. The van der Waals surface area contributed by atoms with Crippen molar-refractivity contribution in [3.8, 4) is 0 Å². The third-order valence-corrected chi connectivity index (χ3v) is 6.67. The molecule has 0 heterocycles. The van der Waals surface area contributed by atoms with Gasteiger partial charge in [-0.05, 0) is 42.8 Å². The first-order valence-electron chi connectivity index (χ1n) is 8.53. The lowest BCUT2D eigenvalue weighted by Gasteiger charge is -2.10. The van der Waals surface area contributed by atoms with Crippen LogP contribution in [0.3, 0.4) is 0 Å². The predicted molar refractivity (Wildman–Crippen MR) is 103 cm³/mol. The summed E-state index contributed by atoms with van der Waals surface area (Å²) >= 11 is 0. The van der Waals surface area contributed by atoms with E-state index in [-0.39, 0.29) is 9.79 Å². The van der Waals surface area contributed by atoms with Crippen molar-refractivity contribution in [1.82, 2.24) is 4.72 Å². The van der Waals surface area contributed by atoms with E-state index in [1.54, 1.807) is 18.2 Å². The SMILES string of the molecule is CCCCCCNS(=O)(=O)c1ccc(NS(=O)(=O)c2ccccc2)cc1. The van der Waals surface area contributed by atoms with Crippen LogP contribution in [0.15, 0.2) is 64.4 Å². The Kier molecular flexibility index (Phi) is 7.19. The van der Waals surface area contributed by atoms with Gasteiger partial charge in [0.25, 0.3) is 10.0 Å². The fourth-order valence-electron chi connectivity index (χ4n) is 2.36. The molecular weight excluding hydrogens is 372 g/mol. The monoisotopic (exact) mass is 396 g/mol. The molecule has 2 aromatic carbocycles. The molecule has 0 radical (unpaired) electrons. The highest BCUT2D eigenvalue weighted by atomic mass is 32.2. The summed E-state index contributed by atoms with van der Waals surface area (Å²) in [5, 5.41) is 0. The van der Waals surface area contributed by atoms with E-state index in [1.807, 2.05) is 0 Å². The first-order valence-corrected chi connectivity index (χ1v) is 11.5. The third-order valence-electron chi connectivity index (χ3n) is 3.79. The molecule has 6 nitrogen and oxygen atoms in total. The molecule has 0 unspecified atom stereocenters. The van der Waals surface area contributed by atoms with E-state index in [1.165, 1.54) is 36.4 Å². The topological polar surface area (TPSA) is 92.3 Å². The minimum Gasteiger partial charge on any atom is -0.280 e. The van der Waals surface area contributed by atoms with Gasteiger partial charge in [0.05, 0.1) is 9.79 Å². The fourth-order valence-corrected chi connectivity index (χ4v) is 4.51. The number of hydrogen-bond donors (Lipinski definition) is 2. The molecule has 8 heteroatoms. The van der Waals surface area contributed by atoms with Gasteiger partial charge in [0.2, 0.25) is 10.0 Å². The number of anilines is 1. The molecule has 0 aromatic heterocycles. The summed E-state index contributed by atoms with van der Waals surface area (Å²) in [6.45, 7) is 2.49. The first-order chi connectivity index (χ1) is 12.3. The number of nitrogens with one attached hydrogen (secondary N) is 2. The molecule has 26 heavy (non-hydrogen) atoms. The van der Waals surface area contributed by atoms with Gasteiger partial charge in [0.15, 0.2) is 0 Å². The number of rotatable bonds is 10. The van der Waals surface area contributed by atoms with Crippen LogP contribution in [-0.2, 0) is 20.0 Å². The van der Waals surface area contributed by atoms with E-state index in [0.29, 0.717) is 12.2 Å². The smallest absolute Gasteiger partial charge is 0.261 e. The van der Waals surface area contributed by atoms with Gasteiger partial charge < -0.3 is 0 Å². The molecule has 0 saturated heterocycles. The summed E-state index contributed by atoms with van der Waals surface area (Å²) in [4.78, 5) is 0.251. The molecule has 0 amide bonds.